The topological polar surface area (TPSA) is 90.0 Å². The van der Waals surface area contributed by atoms with Crippen LogP contribution in [-0.4, -0.2) is 21.6 Å². The SMILES string of the molecule is NC(=O)c1ccc(C(=O)N[C@H]2CCCc3c2cnn3Cc2ccccc2)cc1. The maximum atomic E-state index is 12.6. The monoisotopic (exact) mass is 374 g/mol. The van der Waals surface area contributed by atoms with Crippen molar-refractivity contribution in [1.29, 1.82) is 0 Å². The number of benzene rings is 2. The maximum absolute atomic E-state index is 12.6. The van der Waals surface area contributed by atoms with Crippen LogP contribution in [0, 0.1) is 0 Å². The van der Waals surface area contributed by atoms with E-state index in [0.29, 0.717) is 11.1 Å². The maximum Gasteiger partial charge on any atom is 0.251 e. The van der Waals surface area contributed by atoms with E-state index in [1.165, 1.54) is 11.3 Å². The Bertz CT molecular complexity index is 993. The van der Waals surface area contributed by atoms with Crippen LogP contribution in [0.5, 0.6) is 0 Å². The lowest BCUT2D eigenvalue weighted by Gasteiger charge is -2.24. The van der Waals surface area contributed by atoms with E-state index in [0.717, 1.165) is 31.4 Å². The molecule has 6 heteroatoms. The van der Waals surface area contributed by atoms with E-state index in [-0.39, 0.29) is 11.9 Å². The second-order valence-electron chi connectivity index (χ2n) is 7.05. The molecule has 0 saturated heterocycles. The van der Waals surface area contributed by atoms with Crippen molar-refractivity contribution in [2.75, 3.05) is 0 Å². The van der Waals surface area contributed by atoms with Gasteiger partial charge in [0.15, 0.2) is 0 Å². The third kappa shape index (κ3) is 3.67. The summed E-state index contributed by atoms with van der Waals surface area (Å²) in [5.41, 5.74) is 9.62. The number of nitrogens with one attached hydrogen (secondary N) is 1. The Morgan fingerprint density at radius 2 is 1.79 bits per heavy atom. The summed E-state index contributed by atoms with van der Waals surface area (Å²) in [6.07, 6.45) is 4.72. The van der Waals surface area contributed by atoms with Crippen molar-refractivity contribution < 1.29 is 9.59 Å². The summed E-state index contributed by atoms with van der Waals surface area (Å²) < 4.78 is 2.03. The molecule has 1 aromatic heterocycles. The first kappa shape index (κ1) is 18.0. The molecule has 2 amide bonds. The number of carbonyl (C=O) groups is 2. The van der Waals surface area contributed by atoms with E-state index in [1.54, 1.807) is 24.3 Å². The van der Waals surface area contributed by atoms with Gasteiger partial charge in [0.2, 0.25) is 5.91 Å². The van der Waals surface area contributed by atoms with Crippen LogP contribution >= 0.6 is 0 Å². The zero-order valence-corrected chi connectivity index (χ0v) is 15.5. The van der Waals surface area contributed by atoms with Crippen LogP contribution in [-0.2, 0) is 13.0 Å². The van der Waals surface area contributed by atoms with Crippen molar-refractivity contribution >= 4 is 11.8 Å². The molecule has 4 rings (SSSR count). The minimum absolute atomic E-state index is 0.0587. The Morgan fingerprint density at radius 3 is 2.50 bits per heavy atom. The molecule has 0 spiro atoms. The molecule has 1 aliphatic rings. The molecular formula is C22H22N4O2. The highest BCUT2D eigenvalue weighted by atomic mass is 16.2. The first-order valence-electron chi connectivity index (χ1n) is 9.41. The molecule has 3 aromatic rings. The standard InChI is InChI=1S/C22H22N4O2/c23-21(27)16-9-11-17(12-10-16)22(28)25-19-7-4-8-20-18(19)13-24-26(20)14-15-5-2-1-3-6-15/h1-3,5-6,9-13,19H,4,7-8,14H2,(H2,23,27)(H,25,28)/t19-/m0/s1. The van der Waals surface area contributed by atoms with Gasteiger partial charge in [-0.15, -0.1) is 0 Å². The van der Waals surface area contributed by atoms with Gasteiger partial charge in [-0.3, -0.25) is 14.3 Å². The Kier molecular flexibility index (Phi) is 4.93. The Hall–Kier alpha value is -3.41. The van der Waals surface area contributed by atoms with Gasteiger partial charge in [-0.1, -0.05) is 30.3 Å². The number of amides is 2. The molecule has 28 heavy (non-hydrogen) atoms. The van der Waals surface area contributed by atoms with Gasteiger partial charge in [-0.05, 0) is 49.1 Å². The highest BCUT2D eigenvalue weighted by molar-refractivity contribution is 5.97. The Labute approximate surface area is 163 Å². The van der Waals surface area contributed by atoms with Crippen LogP contribution in [0.3, 0.4) is 0 Å². The second kappa shape index (κ2) is 7.68. The predicted octanol–water partition coefficient (Wildman–Crippen LogP) is 2.84. The highest BCUT2D eigenvalue weighted by Crippen LogP contribution is 2.30. The first-order valence-corrected chi connectivity index (χ1v) is 9.41. The van der Waals surface area contributed by atoms with Gasteiger partial charge < -0.3 is 11.1 Å². The van der Waals surface area contributed by atoms with Crippen LogP contribution in [0.4, 0.5) is 0 Å². The quantitative estimate of drug-likeness (QED) is 0.719. The van der Waals surface area contributed by atoms with Crippen LogP contribution in [0.2, 0.25) is 0 Å². The van der Waals surface area contributed by atoms with E-state index in [2.05, 4.69) is 22.5 Å². The molecule has 0 fully saturated rings. The van der Waals surface area contributed by atoms with Crippen molar-refractivity contribution in [3.63, 3.8) is 0 Å². The molecule has 0 unspecified atom stereocenters. The molecule has 0 radical (unpaired) electrons. The van der Waals surface area contributed by atoms with Crippen molar-refractivity contribution in [2.24, 2.45) is 5.73 Å². The normalized spacial score (nSPS) is 15.6. The van der Waals surface area contributed by atoms with Crippen molar-refractivity contribution in [2.45, 2.75) is 31.8 Å². The number of fused-ring (bicyclic) bond motifs is 1. The van der Waals surface area contributed by atoms with Crippen LogP contribution < -0.4 is 11.1 Å². The smallest absolute Gasteiger partial charge is 0.251 e. The second-order valence-corrected chi connectivity index (χ2v) is 7.05. The average Bonchev–Trinajstić information content (AvgIpc) is 3.13. The van der Waals surface area contributed by atoms with Crippen molar-refractivity contribution in [3.8, 4) is 0 Å². The summed E-state index contributed by atoms with van der Waals surface area (Å²) >= 11 is 0. The lowest BCUT2D eigenvalue weighted by Crippen LogP contribution is -2.31. The molecule has 1 atom stereocenters. The van der Waals surface area contributed by atoms with Gasteiger partial charge in [-0.25, -0.2) is 0 Å². The van der Waals surface area contributed by atoms with Crippen molar-refractivity contribution in [1.82, 2.24) is 15.1 Å². The summed E-state index contributed by atoms with van der Waals surface area (Å²) in [4.78, 5) is 23.8. The third-order valence-corrected chi connectivity index (χ3v) is 5.17. The molecule has 6 nitrogen and oxygen atoms in total. The van der Waals surface area contributed by atoms with E-state index in [1.807, 2.05) is 29.1 Å². The van der Waals surface area contributed by atoms with Gasteiger partial charge in [0, 0.05) is 22.4 Å². The Morgan fingerprint density at radius 1 is 1.07 bits per heavy atom. The highest BCUT2D eigenvalue weighted by Gasteiger charge is 2.26. The van der Waals surface area contributed by atoms with E-state index in [9.17, 15) is 9.59 Å². The van der Waals surface area contributed by atoms with Gasteiger partial charge in [0.1, 0.15) is 0 Å². The fourth-order valence-corrected chi connectivity index (χ4v) is 3.69. The van der Waals surface area contributed by atoms with E-state index >= 15 is 0 Å². The fourth-order valence-electron chi connectivity index (χ4n) is 3.69. The summed E-state index contributed by atoms with van der Waals surface area (Å²) in [6, 6.07) is 16.6. The molecular weight excluding hydrogens is 352 g/mol. The Balaban J connectivity index is 1.50. The largest absolute Gasteiger partial charge is 0.366 e. The van der Waals surface area contributed by atoms with E-state index in [4.69, 9.17) is 5.73 Å². The third-order valence-electron chi connectivity index (χ3n) is 5.17. The minimum atomic E-state index is -0.505. The summed E-state index contributed by atoms with van der Waals surface area (Å²) in [5, 5.41) is 7.68. The summed E-state index contributed by atoms with van der Waals surface area (Å²) in [5.74, 6) is -0.667. The molecule has 0 aliphatic heterocycles. The number of rotatable bonds is 5. The molecule has 1 aliphatic carbocycles. The summed E-state index contributed by atoms with van der Waals surface area (Å²) in [7, 11) is 0. The molecule has 3 N–H and O–H groups in total. The van der Waals surface area contributed by atoms with Crippen LogP contribution in [0.25, 0.3) is 0 Å². The number of hydrogen-bond acceptors (Lipinski definition) is 3. The number of hydrogen-bond donors (Lipinski definition) is 2. The zero-order chi connectivity index (χ0) is 19.5. The number of nitrogens with two attached hydrogens (primary N) is 1. The molecule has 0 bridgehead atoms. The van der Waals surface area contributed by atoms with Gasteiger partial charge >= 0.3 is 0 Å². The number of primary amides is 1. The molecule has 142 valence electrons. The zero-order valence-electron chi connectivity index (χ0n) is 15.5. The average molecular weight is 374 g/mol. The van der Waals surface area contributed by atoms with Crippen LogP contribution in [0.15, 0.2) is 60.8 Å². The first-order chi connectivity index (χ1) is 13.6. The minimum Gasteiger partial charge on any atom is -0.366 e. The lowest BCUT2D eigenvalue weighted by atomic mass is 9.92. The molecule has 0 saturated carbocycles. The number of nitrogens with zero attached hydrogens (tertiary/aromatic N) is 2. The van der Waals surface area contributed by atoms with Gasteiger partial charge in [0.05, 0.1) is 18.8 Å². The number of carbonyl (C=O) groups excluding carboxylic acids is 2. The van der Waals surface area contributed by atoms with E-state index < -0.39 is 5.91 Å². The van der Waals surface area contributed by atoms with Crippen LogP contribution in [0.1, 0.15) is 56.4 Å². The summed E-state index contributed by atoms with van der Waals surface area (Å²) in [6.45, 7) is 0.728. The van der Waals surface area contributed by atoms with Crippen molar-refractivity contribution in [3.05, 3.63) is 88.7 Å². The number of aromatic nitrogens is 2. The van der Waals surface area contributed by atoms with Gasteiger partial charge in [0.25, 0.3) is 5.91 Å². The lowest BCUT2D eigenvalue weighted by molar-refractivity contribution is 0.0930. The molecule has 2 aromatic carbocycles. The fraction of sp³-hybridized carbons (Fsp3) is 0.227. The molecule has 1 heterocycles. The predicted molar refractivity (Wildman–Crippen MR) is 106 cm³/mol. The van der Waals surface area contributed by atoms with Gasteiger partial charge in [-0.2, -0.15) is 5.10 Å².